The Labute approximate surface area is 158 Å². The smallest absolute Gasteiger partial charge is 0.251 e. The number of likely N-dealkylation sites (tertiary alicyclic amines) is 1. The fourth-order valence-electron chi connectivity index (χ4n) is 3.80. The zero-order chi connectivity index (χ0) is 19.2. The molecule has 2 aliphatic heterocycles. The molecule has 0 bridgehead atoms. The van der Waals surface area contributed by atoms with Crippen LogP contribution in [0.2, 0.25) is 0 Å². The standard InChI is InChI=1S/C20H27FN2O4/c21-15-6-4-5-14(11-15)20(26)22-17-8-7-16(27-18(17)13-24)12-19(25)23-9-2-1-3-10-23/h4-6,11,16-18,24H,1-3,7-10,12-13H2,(H,22,26)/t16-,17-,18-/m1/s1. The summed E-state index contributed by atoms with van der Waals surface area (Å²) in [4.78, 5) is 26.6. The van der Waals surface area contributed by atoms with Gasteiger partial charge in [-0.05, 0) is 50.3 Å². The van der Waals surface area contributed by atoms with E-state index in [-0.39, 0.29) is 30.2 Å². The van der Waals surface area contributed by atoms with Gasteiger partial charge >= 0.3 is 0 Å². The van der Waals surface area contributed by atoms with Crippen LogP contribution < -0.4 is 5.32 Å². The van der Waals surface area contributed by atoms with Crippen molar-refractivity contribution in [2.45, 2.75) is 56.8 Å². The summed E-state index contributed by atoms with van der Waals surface area (Å²) >= 11 is 0. The summed E-state index contributed by atoms with van der Waals surface area (Å²) < 4.78 is 19.2. The molecule has 27 heavy (non-hydrogen) atoms. The number of nitrogens with one attached hydrogen (secondary N) is 1. The number of carbonyl (C=O) groups is 2. The van der Waals surface area contributed by atoms with Crippen molar-refractivity contribution >= 4 is 11.8 Å². The van der Waals surface area contributed by atoms with E-state index in [1.165, 1.54) is 30.7 Å². The highest BCUT2D eigenvalue weighted by Gasteiger charge is 2.33. The third-order valence-electron chi connectivity index (χ3n) is 5.31. The first kappa shape index (κ1) is 19.8. The summed E-state index contributed by atoms with van der Waals surface area (Å²) in [5.41, 5.74) is 0.231. The summed E-state index contributed by atoms with van der Waals surface area (Å²) in [5.74, 6) is -0.777. The van der Waals surface area contributed by atoms with Crippen molar-refractivity contribution in [1.29, 1.82) is 0 Å². The van der Waals surface area contributed by atoms with Crippen LogP contribution in [-0.2, 0) is 9.53 Å². The summed E-state index contributed by atoms with van der Waals surface area (Å²) in [7, 11) is 0. The van der Waals surface area contributed by atoms with E-state index < -0.39 is 17.8 Å². The monoisotopic (exact) mass is 378 g/mol. The average Bonchev–Trinajstić information content (AvgIpc) is 2.69. The molecule has 0 aliphatic carbocycles. The second kappa shape index (κ2) is 9.28. The SMILES string of the molecule is O=C(N[C@@H]1CC[C@H](CC(=O)N2CCCCC2)O[C@@H]1CO)c1cccc(F)c1. The maximum atomic E-state index is 13.3. The molecule has 0 unspecified atom stereocenters. The topological polar surface area (TPSA) is 78.9 Å². The lowest BCUT2D eigenvalue weighted by Gasteiger charge is -2.37. The molecule has 0 saturated carbocycles. The van der Waals surface area contributed by atoms with Crippen molar-refractivity contribution in [2.24, 2.45) is 0 Å². The normalized spacial score (nSPS) is 25.9. The van der Waals surface area contributed by atoms with Gasteiger partial charge in [0.25, 0.3) is 5.91 Å². The van der Waals surface area contributed by atoms with Crippen LogP contribution in [0.1, 0.15) is 48.9 Å². The highest BCUT2D eigenvalue weighted by molar-refractivity contribution is 5.94. The molecule has 2 fully saturated rings. The Bertz CT molecular complexity index is 663. The molecule has 3 atom stereocenters. The first-order valence-corrected chi connectivity index (χ1v) is 9.67. The highest BCUT2D eigenvalue weighted by Crippen LogP contribution is 2.23. The van der Waals surface area contributed by atoms with Crippen LogP contribution in [0, 0.1) is 5.82 Å². The first-order chi connectivity index (χ1) is 13.1. The first-order valence-electron chi connectivity index (χ1n) is 9.67. The van der Waals surface area contributed by atoms with E-state index in [9.17, 15) is 19.1 Å². The molecule has 7 heteroatoms. The molecule has 6 nitrogen and oxygen atoms in total. The largest absolute Gasteiger partial charge is 0.394 e. The number of carbonyl (C=O) groups excluding carboxylic acids is 2. The minimum Gasteiger partial charge on any atom is -0.394 e. The summed E-state index contributed by atoms with van der Waals surface area (Å²) in [6.45, 7) is 1.37. The molecule has 2 saturated heterocycles. The molecule has 1 aromatic carbocycles. The molecule has 2 aliphatic rings. The maximum Gasteiger partial charge on any atom is 0.251 e. The van der Waals surface area contributed by atoms with E-state index in [2.05, 4.69) is 5.32 Å². The minimum atomic E-state index is -0.574. The number of hydrogen-bond acceptors (Lipinski definition) is 4. The van der Waals surface area contributed by atoms with Gasteiger partial charge in [0, 0.05) is 18.7 Å². The highest BCUT2D eigenvalue weighted by atomic mass is 19.1. The number of hydrogen-bond donors (Lipinski definition) is 2. The maximum absolute atomic E-state index is 13.3. The van der Waals surface area contributed by atoms with E-state index in [1.54, 1.807) is 0 Å². The molecule has 0 radical (unpaired) electrons. The van der Waals surface area contributed by atoms with Crippen LogP contribution in [0.25, 0.3) is 0 Å². The third-order valence-corrected chi connectivity index (χ3v) is 5.31. The second-order valence-corrected chi connectivity index (χ2v) is 7.29. The number of nitrogens with zero attached hydrogens (tertiary/aromatic N) is 1. The minimum absolute atomic E-state index is 0.0960. The number of aliphatic hydroxyl groups excluding tert-OH is 1. The average molecular weight is 378 g/mol. The lowest BCUT2D eigenvalue weighted by atomic mass is 9.96. The van der Waals surface area contributed by atoms with E-state index >= 15 is 0 Å². The van der Waals surface area contributed by atoms with Crippen molar-refractivity contribution < 1.29 is 23.8 Å². The van der Waals surface area contributed by atoms with Crippen LogP contribution in [0.3, 0.4) is 0 Å². The molecule has 3 rings (SSSR count). The van der Waals surface area contributed by atoms with Gasteiger partial charge in [0.05, 0.1) is 25.2 Å². The van der Waals surface area contributed by atoms with Crippen LogP contribution in [0.4, 0.5) is 4.39 Å². The van der Waals surface area contributed by atoms with Crippen molar-refractivity contribution in [3.05, 3.63) is 35.6 Å². The van der Waals surface area contributed by atoms with Gasteiger partial charge < -0.3 is 20.1 Å². The summed E-state index contributed by atoms with van der Waals surface area (Å²) in [5, 5.41) is 12.5. The van der Waals surface area contributed by atoms with Gasteiger partial charge in [0.15, 0.2) is 0 Å². The molecular weight excluding hydrogens is 351 g/mol. The molecule has 2 N–H and O–H groups in total. The number of rotatable bonds is 5. The van der Waals surface area contributed by atoms with Crippen molar-refractivity contribution in [1.82, 2.24) is 10.2 Å². The Hall–Kier alpha value is -1.99. The fraction of sp³-hybridized carbons (Fsp3) is 0.600. The van der Waals surface area contributed by atoms with Crippen LogP contribution in [-0.4, -0.2) is 59.8 Å². The van der Waals surface area contributed by atoms with E-state index in [0.717, 1.165) is 25.9 Å². The number of aliphatic hydroxyl groups is 1. The Morgan fingerprint density at radius 2 is 2.00 bits per heavy atom. The van der Waals surface area contributed by atoms with Gasteiger partial charge in [-0.3, -0.25) is 9.59 Å². The third kappa shape index (κ3) is 5.26. The number of benzene rings is 1. The molecule has 2 heterocycles. The van der Waals surface area contributed by atoms with E-state index in [1.807, 2.05) is 4.90 Å². The van der Waals surface area contributed by atoms with Gasteiger partial charge in [-0.25, -0.2) is 4.39 Å². The summed E-state index contributed by atoms with van der Waals surface area (Å²) in [6, 6.07) is 5.10. The lowest BCUT2D eigenvalue weighted by Crippen LogP contribution is -2.51. The van der Waals surface area contributed by atoms with Crippen molar-refractivity contribution in [3.8, 4) is 0 Å². The van der Waals surface area contributed by atoms with Gasteiger partial charge in [0.1, 0.15) is 11.9 Å². The van der Waals surface area contributed by atoms with E-state index in [0.29, 0.717) is 19.3 Å². The number of amides is 2. The fourth-order valence-corrected chi connectivity index (χ4v) is 3.80. The zero-order valence-electron chi connectivity index (χ0n) is 15.4. The number of piperidine rings is 1. The predicted molar refractivity (Wildman–Crippen MR) is 97.7 cm³/mol. The lowest BCUT2D eigenvalue weighted by molar-refractivity contribution is -0.141. The molecule has 148 valence electrons. The predicted octanol–water partition coefficient (Wildman–Crippen LogP) is 1.87. The molecular formula is C20H27FN2O4. The van der Waals surface area contributed by atoms with Gasteiger partial charge in [-0.15, -0.1) is 0 Å². The van der Waals surface area contributed by atoms with Crippen LogP contribution >= 0.6 is 0 Å². The van der Waals surface area contributed by atoms with Gasteiger partial charge in [-0.2, -0.15) is 0 Å². The van der Waals surface area contributed by atoms with Crippen LogP contribution in [0.15, 0.2) is 24.3 Å². The number of halogens is 1. The molecule has 2 amide bonds. The Morgan fingerprint density at radius 3 is 2.70 bits per heavy atom. The van der Waals surface area contributed by atoms with E-state index in [4.69, 9.17) is 4.74 Å². The molecule has 0 aromatic heterocycles. The van der Waals surface area contributed by atoms with Gasteiger partial charge in [-0.1, -0.05) is 6.07 Å². The second-order valence-electron chi connectivity index (χ2n) is 7.29. The quantitative estimate of drug-likeness (QED) is 0.820. The Morgan fingerprint density at radius 1 is 1.22 bits per heavy atom. The Kier molecular flexibility index (Phi) is 6.79. The Balaban J connectivity index is 1.53. The van der Waals surface area contributed by atoms with Crippen molar-refractivity contribution in [2.75, 3.05) is 19.7 Å². The number of ether oxygens (including phenoxy) is 1. The van der Waals surface area contributed by atoms with Crippen LogP contribution in [0.5, 0.6) is 0 Å². The van der Waals surface area contributed by atoms with Crippen molar-refractivity contribution in [3.63, 3.8) is 0 Å². The molecule has 0 spiro atoms. The zero-order valence-corrected chi connectivity index (χ0v) is 15.4. The molecule has 1 aromatic rings. The van der Waals surface area contributed by atoms with Gasteiger partial charge in [0.2, 0.25) is 5.91 Å². The summed E-state index contributed by atoms with van der Waals surface area (Å²) in [6.07, 6.45) is 3.97.